The van der Waals surface area contributed by atoms with Gasteiger partial charge >= 0.3 is 0 Å². The van der Waals surface area contributed by atoms with E-state index in [1.807, 2.05) is 0 Å². The first kappa shape index (κ1) is 15.4. The van der Waals surface area contributed by atoms with E-state index < -0.39 is 11.6 Å². The fourth-order valence-electron chi connectivity index (χ4n) is 3.09. The van der Waals surface area contributed by atoms with Crippen molar-refractivity contribution in [3.8, 4) is 0 Å². The van der Waals surface area contributed by atoms with Crippen LogP contribution in [0.15, 0.2) is 18.2 Å². The zero-order valence-corrected chi connectivity index (χ0v) is 12.3. The minimum atomic E-state index is -0.491. The van der Waals surface area contributed by atoms with Crippen LogP contribution >= 0.6 is 0 Å². The minimum Gasteiger partial charge on any atom is -0.314 e. The maximum absolute atomic E-state index is 13.2. The van der Waals surface area contributed by atoms with Crippen molar-refractivity contribution in [2.45, 2.75) is 39.3 Å². The number of likely N-dealkylation sites (tertiary alicyclic amines) is 1. The van der Waals surface area contributed by atoms with Crippen molar-refractivity contribution in [2.24, 2.45) is 5.92 Å². The van der Waals surface area contributed by atoms with Gasteiger partial charge in [0.1, 0.15) is 11.6 Å². The highest BCUT2D eigenvalue weighted by atomic mass is 19.1. The molecular weight excluding hydrogens is 258 g/mol. The Morgan fingerprint density at radius 2 is 2.00 bits per heavy atom. The monoisotopic (exact) mass is 282 g/mol. The smallest absolute Gasteiger partial charge is 0.126 e. The Balaban J connectivity index is 1.95. The summed E-state index contributed by atoms with van der Waals surface area (Å²) in [6.45, 7) is 7.95. The van der Waals surface area contributed by atoms with Gasteiger partial charge in [0, 0.05) is 25.2 Å². The van der Waals surface area contributed by atoms with E-state index in [0.717, 1.165) is 37.7 Å². The van der Waals surface area contributed by atoms with E-state index in [4.69, 9.17) is 0 Å². The Bertz CT molecular complexity index is 416. The number of nitrogens with zero attached hydrogens (tertiary/aromatic N) is 1. The van der Waals surface area contributed by atoms with Gasteiger partial charge in [0.2, 0.25) is 0 Å². The van der Waals surface area contributed by atoms with Crippen molar-refractivity contribution >= 4 is 0 Å². The van der Waals surface area contributed by atoms with Crippen molar-refractivity contribution < 1.29 is 8.78 Å². The molecule has 1 aromatic rings. The summed E-state index contributed by atoms with van der Waals surface area (Å²) in [6, 6.07) is 4.28. The fraction of sp³-hybridized carbons (Fsp3) is 0.625. The SMILES string of the molecule is CCNC(C)C1CCCN(Cc2cc(F)cc(F)c2)C1. The second-order valence-electron chi connectivity index (χ2n) is 5.76. The van der Waals surface area contributed by atoms with Crippen LogP contribution in [0.4, 0.5) is 8.78 Å². The zero-order chi connectivity index (χ0) is 14.5. The average Bonchev–Trinajstić information content (AvgIpc) is 2.38. The maximum atomic E-state index is 13.2. The number of nitrogens with one attached hydrogen (secondary N) is 1. The lowest BCUT2D eigenvalue weighted by Crippen LogP contribution is -2.44. The molecule has 0 radical (unpaired) electrons. The lowest BCUT2D eigenvalue weighted by Gasteiger charge is -2.36. The topological polar surface area (TPSA) is 15.3 Å². The molecule has 1 saturated heterocycles. The van der Waals surface area contributed by atoms with Crippen LogP contribution in [-0.2, 0) is 6.54 Å². The Labute approximate surface area is 120 Å². The highest BCUT2D eigenvalue weighted by molar-refractivity contribution is 5.17. The van der Waals surface area contributed by atoms with Crippen molar-refractivity contribution in [1.82, 2.24) is 10.2 Å². The van der Waals surface area contributed by atoms with E-state index in [2.05, 4.69) is 24.1 Å². The Kier molecular flexibility index (Phi) is 5.49. The molecule has 0 aromatic heterocycles. The zero-order valence-electron chi connectivity index (χ0n) is 12.3. The third-order valence-electron chi connectivity index (χ3n) is 4.10. The summed E-state index contributed by atoms with van der Waals surface area (Å²) < 4.78 is 26.4. The number of benzene rings is 1. The van der Waals surface area contributed by atoms with Crippen LogP contribution in [0.5, 0.6) is 0 Å². The highest BCUT2D eigenvalue weighted by Gasteiger charge is 2.24. The standard InChI is InChI=1S/C16H24F2N2/c1-3-19-12(2)14-5-4-6-20(11-14)10-13-7-15(17)9-16(18)8-13/h7-9,12,14,19H,3-6,10-11H2,1-2H3. The van der Waals surface area contributed by atoms with Gasteiger partial charge in [-0.05, 0) is 56.5 Å². The highest BCUT2D eigenvalue weighted by Crippen LogP contribution is 2.22. The molecule has 1 fully saturated rings. The van der Waals surface area contributed by atoms with Gasteiger partial charge in [-0.15, -0.1) is 0 Å². The van der Waals surface area contributed by atoms with Crippen molar-refractivity contribution in [2.75, 3.05) is 19.6 Å². The molecule has 1 N–H and O–H groups in total. The second-order valence-corrected chi connectivity index (χ2v) is 5.76. The molecule has 0 spiro atoms. The van der Waals surface area contributed by atoms with Gasteiger partial charge in [-0.2, -0.15) is 0 Å². The number of hydrogen-bond acceptors (Lipinski definition) is 2. The van der Waals surface area contributed by atoms with Crippen molar-refractivity contribution in [3.05, 3.63) is 35.4 Å². The van der Waals surface area contributed by atoms with E-state index in [9.17, 15) is 8.78 Å². The first-order valence-electron chi connectivity index (χ1n) is 7.49. The van der Waals surface area contributed by atoms with E-state index in [1.54, 1.807) is 0 Å². The molecule has 2 rings (SSSR count). The van der Waals surface area contributed by atoms with E-state index in [0.29, 0.717) is 18.5 Å². The normalized spacial score (nSPS) is 21.9. The molecule has 20 heavy (non-hydrogen) atoms. The molecule has 0 amide bonds. The number of hydrogen-bond donors (Lipinski definition) is 1. The lowest BCUT2D eigenvalue weighted by molar-refractivity contribution is 0.145. The van der Waals surface area contributed by atoms with Gasteiger partial charge in [0.25, 0.3) is 0 Å². The summed E-state index contributed by atoms with van der Waals surface area (Å²) in [6.07, 6.45) is 2.38. The largest absolute Gasteiger partial charge is 0.314 e. The molecule has 2 unspecified atom stereocenters. The molecular formula is C16H24F2N2. The van der Waals surface area contributed by atoms with Gasteiger partial charge < -0.3 is 5.32 Å². The Hall–Kier alpha value is -1.00. The molecule has 1 aromatic carbocycles. The second kappa shape index (κ2) is 7.14. The Morgan fingerprint density at radius 3 is 2.65 bits per heavy atom. The number of piperidine rings is 1. The van der Waals surface area contributed by atoms with Crippen LogP contribution in [0.1, 0.15) is 32.3 Å². The molecule has 1 aliphatic rings. The molecule has 1 aliphatic heterocycles. The fourth-order valence-corrected chi connectivity index (χ4v) is 3.09. The van der Waals surface area contributed by atoms with Gasteiger partial charge in [-0.3, -0.25) is 4.90 Å². The van der Waals surface area contributed by atoms with Crippen LogP contribution < -0.4 is 5.32 Å². The molecule has 2 atom stereocenters. The number of halogens is 2. The van der Waals surface area contributed by atoms with Crippen LogP contribution in [0.25, 0.3) is 0 Å². The average molecular weight is 282 g/mol. The molecule has 4 heteroatoms. The molecule has 1 heterocycles. The van der Waals surface area contributed by atoms with E-state index >= 15 is 0 Å². The van der Waals surface area contributed by atoms with Gasteiger partial charge in [0.15, 0.2) is 0 Å². The van der Waals surface area contributed by atoms with Crippen LogP contribution in [-0.4, -0.2) is 30.6 Å². The number of rotatable bonds is 5. The predicted octanol–water partition coefficient (Wildman–Crippen LogP) is 3.17. The van der Waals surface area contributed by atoms with Crippen LogP contribution in [0.3, 0.4) is 0 Å². The van der Waals surface area contributed by atoms with Gasteiger partial charge in [-0.1, -0.05) is 6.92 Å². The third-order valence-corrected chi connectivity index (χ3v) is 4.10. The molecule has 0 saturated carbocycles. The quantitative estimate of drug-likeness (QED) is 0.892. The van der Waals surface area contributed by atoms with Crippen molar-refractivity contribution in [1.29, 1.82) is 0 Å². The lowest BCUT2D eigenvalue weighted by atomic mass is 9.91. The van der Waals surface area contributed by atoms with E-state index in [1.165, 1.54) is 18.6 Å². The van der Waals surface area contributed by atoms with E-state index in [-0.39, 0.29) is 0 Å². The first-order chi connectivity index (χ1) is 9.58. The summed E-state index contributed by atoms with van der Waals surface area (Å²) >= 11 is 0. The summed E-state index contributed by atoms with van der Waals surface area (Å²) in [5, 5.41) is 3.47. The summed E-state index contributed by atoms with van der Waals surface area (Å²) in [7, 11) is 0. The third kappa shape index (κ3) is 4.25. The van der Waals surface area contributed by atoms with Gasteiger partial charge in [-0.25, -0.2) is 8.78 Å². The van der Waals surface area contributed by atoms with Crippen molar-refractivity contribution in [3.63, 3.8) is 0 Å². The molecule has 0 aliphatic carbocycles. The summed E-state index contributed by atoms with van der Waals surface area (Å²) in [5.74, 6) is -0.369. The summed E-state index contributed by atoms with van der Waals surface area (Å²) in [4.78, 5) is 2.30. The maximum Gasteiger partial charge on any atom is 0.126 e. The Morgan fingerprint density at radius 1 is 1.30 bits per heavy atom. The predicted molar refractivity (Wildman–Crippen MR) is 77.5 cm³/mol. The molecule has 112 valence electrons. The summed E-state index contributed by atoms with van der Waals surface area (Å²) in [5.41, 5.74) is 0.722. The first-order valence-corrected chi connectivity index (χ1v) is 7.49. The molecule has 2 nitrogen and oxygen atoms in total. The van der Waals surface area contributed by atoms with Crippen LogP contribution in [0, 0.1) is 17.6 Å². The molecule has 0 bridgehead atoms. The minimum absolute atomic E-state index is 0.491. The van der Waals surface area contributed by atoms with Crippen LogP contribution in [0.2, 0.25) is 0 Å². The van der Waals surface area contributed by atoms with Gasteiger partial charge in [0.05, 0.1) is 0 Å².